The van der Waals surface area contributed by atoms with Gasteiger partial charge in [0.05, 0.1) is 6.04 Å². The maximum absolute atomic E-state index is 12.7. The molecule has 3 fully saturated rings. The van der Waals surface area contributed by atoms with E-state index in [1.807, 2.05) is 35.2 Å². The molecule has 0 bridgehead atoms. The summed E-state index contributed by atoms with van der Waals surface area (Å²) in [6.07, 6.45) is 4.90. The van der Waals surface area contributed by atoms with Gasteiger partial charge in [0.2, 0.25) is 0 Å². The van der Waals surface area contributed by atoms with Crippen LogP contribution in [0.25, 0.3) is 0 Å². The summed E-state index contributed by atoms with van der Waals surface area (Å²) in [7, 11) is 0. The van der Waals surface area contributed by atoms with Gasteiger partial charge in [0.25, 0.3) is 0 Å². The second kappa shape index (κ2) is 6.73. The van der Waals surface area contributed by atoms with Crippen LogP contribution in [-0.4, -0.2) is 49.8 Å². The zero-order valence-electron chi connectivity index (χ0n) is 14.2. The standard InChI is InChI=1S/C19H27N3O2/c23-18(24-16-4-2-1-3-5-16)22-11-10-21-14-17(22)15-12-19(13-15)6-8-20-9-7-19/h1-5,15,17,20-21H,6-14H2. The molecule has 2 N–H and O–H groups in total. The number of hydrogen-bond acceptors (Lipinski definition) is 4. The van der Waals surface area contributed by atoms with Crippen LogP contribution in [0.2, 0.25) is 0 Å². The second-order valence-electron chi connectivity index (χ2n) is 7.56. The van der Waals surface area contributed by atoms with Crippen molar-refractivity contribution in [2.24, 2.45) is 11.3 Å². The van der Waals surface area contributed by atoms with Gasteiger partial charge in [-0.2, -0.15) is 0 Å². The van der Waals surface area contributed by atoms with E-state index in [0.29, 0.717) is 17.1 Å². The van der Waals surface area contributed by atoms with Crippen LogP contribution in [0.3, 0.4) is 0 Å². The Labute approximate surface area is 143 Å². The summed E-state index contributed by atoms with van der Waals surface area (Å²) in [5, 5.41) is 6.92. The molecule has 1 spiro atoms. The maximum Gasteiger partial charge on any atom is 0.415 e. The average Bonchev–Trinajstić information content (AvgIpc) is 2.61. The third-order valence-electron chi connectivity index (χ3n) is 6.06. The minimum atomic E-state index is -0.195. The summed E-state index contributed by atoms with van der Waals surface area (Å²) in [4.78, 5) is 14.6. The smallest absolute Gasteiger partial charge is 0.410 e. The molecule has 5 nitrogen and oxygen atoms in total. The number of ether oxygens (including phenoxy) is 1. The number of piperazine rings is 1. The van der Waals surface area contributed by atoms with Crippen molar-refractivity contribution in [3.05, 3.63) is 30.3 Å². The monoisotopic (exact) mass is 329 g/mol. The molecule has 1 amide bonds. The minimum Gasteiger partial charge on any atom is -0.410 e. The van der Waals surface area contributed by atoms with Crippen LogP contribution in [0.4, 0.5) is 4.79 Å². The average molecular weight is 329 g/mol. The first-order valence-electron chi connectivity index (χ1n) is 9.21. The summed E-state index contributed by atoms with van der Waals surface area (Å²) in [5.74, 6) is 1.24. The Bertz CT molecular complexity index is 563. The third kappa shape index (κ3) is 3.15. The van der Waals surface area contributed by atoms with Gasteiger partial charge in [-0.1, -0.05) is 18.2 Å². The first-order valence-corrected chi connectivity index (χ1v) is 9.21. The quantitative estimate of drug-likeness (QED) is 0.874. The van der Waals surface area contributed by atoms with Crippen LogP contribution < -0.4 is 15.4 Å². The lowest BCUT2D eigenvalue weighted by atomic mass is 9.55. The first-order chi connectivity index (χ1) is 11.8. The van der Waals surface area contributed by atoms with Crippen molar-refractivity contribution >= 4 is 6.09 Å². The molecule has 2 heterocycles. The Morgan fingerprint density at radius 1 is 1.08 bits per heavy atom. The molecule has 24 heavy (non-hydrogen) atoms. The predicted molar refractivity (Wildman–Crippen MR) is 93.1 cm³/mol. The Morgan fingerprint density at radius 3 is 2.58 bits per heavy atom. The van der Waals surface area contributed by atoms with E-state index in [0.717, 1.165) is 32.7 Å². The molecule has 1 saturated carbocycles. The molecule has 3 aliphatic rings. The number of carbonyl (C=O) groups excluding carboxylic acids is 1. The van der Waals surface area contributed by atoms with Gasteiger partial charge >= 0.3 is 6.09 Å². The number of para-hydroxylation sites is 1. The van der Waals surface area contributed by atoms with Gasteiger partial charge in [-0.25, -0.2) is 4.79 Å². The van der Waals surface area contributed by atoms with E-state index in [2.05, 4.69) is 10.6 Å². The summed E-state index contributed by atoms with van der Waals surface area (Å²) in [6.45, 7) is 4.78. The topological polar surface area (TPSA) is 53.6 Å². The zero-order chi connectivity index (χ0) is 16.4. The summed E-state index contributed by atoms with van der Waals surface area (Å²) in [6, 6.07) is 9.66. The molecule has 1 aromatic carbocycles. The lowest BCUT2D eigenvalue weighted by Gasteiger charge is -2.55. The van der Waals surface area contributed by atoms with E-state index >= 15 is 0 Å². The normalized spacial score (nSPS) is 26.8. The lowest BCUT2D eigenvalue weighted by molar-refractivity contribution is -0.0306. The van der Waals surface area contributed by atoms with Crippen molar-refractivity contribution in [2.45, 2.75) is 31.7 Å². The number of amides is 1. The largest absolute Gasteiger partial charge is 0.415 e. The fourth-order valence-electron chi connectivity index (χ4n) is 4.71. The molecular weight excluding hydrogens is 302 g/mol. The molecule has 2 aliphatic heterocycles. The van der Waals surface area contributed by atoms with Gasteiger partial charge < -0.3 is 20.3 Å². The molecule has 130 valence electrons. The highest BCUT2D eigenvalue weighted by Crippen LogP contribution is 2.53. The number of piperidine rings is 1. The van der Waals surface area contributed by atoms with Crippen LogP contribution in [0.15, 0.2) is 30.3 Å². The zero-order valence-corrected chi connectivity index (χ0v) is 14.2. The molecule has 0 aromatic heterocycles. The molecule has 1 unspecified atom stereocenters. The van der Waals surface area contributed by atoms with E-state index < -0.39 is 0 Å². The van der Waals surface area contributed by atoms with Gasteiger partial charge in [0.1, 0.15) is 5.75 Å². The van der Waals surface area contributed by atoms with Gasteiger partial charge in [-0.05, 0) is 62.2 Å². The Morgan fingerprint density at radius 2 is 1.83 bits per heavy atom. The van der Waals surface area contributed by atoms with Crippen LogP contribution >= 0.6 is 0 Å². The summed E-state index contributed by atoms with van der Waals surface area (Å²) < 4.78 is 5.59. The van der Waals surface area contributed by atoms with E-state index in [9.17, 15) is 4.79 Å². The summed E-state index contributed by atoms with van der Waals surface area (Å²) in [5.41, 5.74) is 0.544. The number of nitrogens with one attached hydrogen (secondary N) is 2. The van der Waals surface area contributed by atoms with Gasteiger partial charge in [0.15, 0.2) is 0 Å². The molecule has 4 rings (SSSR count). The van der Waals surface area contributed by atoms with Crippen molar-refractivity contribution in [2.75, 3.05) is 32.7 Å². The lowest BCUT2D eigenvalue weighted by Crippen LogP contribution is -2.61. The number of hydrogen-bond donors (Lipinski definition) is 2. The molecule has 5 heteroatoms. The fourth-order valence-corrected chi connectivity index (χ4v) is 4.71. The Kier molecular flexibility index (Phi) is 4.46. The molecule has 1 atom stereocenters. The third-order valence-corrected chi connectivity index (χ3v) is 6.06. The van der Waals surface area contributed by atoms with Gasteiger partial charge in [-0.15, -0.1) is 0 Å². The highest BCUT2D eigenvalue weighted by atomic mass is 16.6. The Balaban J connectivity index is 1.39. The predicted octanol–water partition coefficient (Wildman–Crippen LogP) is 2.24. The van der Waals surface area contributed by atoms with Crippen molar-refractivity contribution in [1.29, 1.82) is 0 Å². The number of rotatable bonds is 2. The SMILES string of the molecule is O=C(Oc1ccccc1)N1CCNCC1C1CC2(CCNCC2)C1. The van der Waals surface area contributed by atoms with Crippen LogP contribution in [0.1, 0.15) is 25.7 Å². The van der Waals surface area contributed by atoms with E-state index in [-0.39, 0.29) is 12.1 Å². The van der Waals surface area contributed by atoms with E-state index in [1.54, 1.807) is 0 Å². The minimum absolute atomic E-state index is 0.195. The van der Waals surface area contributed by atoms with Crippen LogP contribution in [0.5, 0.6) is 5.75 Å². The molecule has 1 aromatic rings. The maximum atomic E-state index is 12.7. The van der Waals surface area contributed by atoms with E-state index in [4.69, 9.17) is 4.74 Å². The van der Waals surface area contributed by atoms with Crippen LogP contribution in [0, 0.1) is 11.3 Å². The van der Waals surface area contributed by atoms with Gasteiger partial charge in [0, 0.05) is 19.6 Å². The first kappa shape index (κ1) is 15.9. The Hall–Kier alpha value is -1.59. The van der Waals surface area contributed by atoms with Crippen molar-refractivity contribution in [1.82, 2.24) is 15.5 Å². The number of benzene rings is 1. The highest BCUT2D eigenvalue weighted by Gasteiger charge is 2.49. The van der Waals surface area contributed by atoms with Crippen molar-refractivity contribution in [3.8, 4) is 5.75 Å². The van der Waals surface area contributed by atoms with Crippen LogP contribution in [-0.2, 0) is 0 Å². The molecular formula is C19H27N3O2. The molecule has 0 radical (unpaired) electrons. The highest BCUT2D eigenvalue weighted by molar-refractivity contribution is 5.71. The van der Waals surface area contributed by atoms with Crippen molar-refractivity contribution in [3.63, 3.8) is 0 Å². The van der Waals surface area contributed by atoms with E-state index in [1.165, 1.54) is 25.7 Å². The summed E-state index contributed by atoms with van der Waals surface area (Å²) >= 11 is 0. The number of nitrogens with zero attached hydrogens (tertiary/aromatic N) is 1. The molecule has 1 aliphatic carbocycles. The second-order valence-corrected chi connectivity index (χ2v) is 7.56. The molecule has 2 saturated heterocycles. The van der Waals surface area contributed by atoms with Gasteiger partial charge in [-0.3, -0.25) is 0 Å². The van der Waals surface area contributed by atoms with Crippen molar-refractivity contribution < 1.29 is 9.53 Å². The fraction of sp³-hybridized carbons (Fsp3) is 0.632. The number of carbonyl (C=O) groups is 1.